The summed E-state index contributed by atoms with van der Waals surface area (Å²) < 4.78 is 25.5. The summed E-state index contributed by atoms with van der Waals surface area (Å²) in [5.74, 6) is 0.854. The molecule has 0 atom stereocenters. The van der Waals surface area contributed by atoms with E-state index in [1.807, 2.05) is 25.1 Å². The van der Waals surface area contributed by atoms with Crippen LogP contribution in [-0.4, -0.2) is 31.2 Å². The van der Waals surface area contributed by atoms with Crippen molar-refractivity contribution in [1.29, 1.82) is 0 Å². The van der Waals surface area contributed by atoms with Gasteiger partial charge in [-0.1, -0.05) is 12.1 Å². The van der Waals surface area contributed by atoms with Crippen LogP contribution < -0.4 is 9.62 Å². The Morgan fingerprint density at radius 3 is 2.82 bits per heavy atom. The highest BCUT2D eigenvalue weighted by Crippen LogP contribution is 2.28. The van der Waals surface area contributed by atoms with Gasteiger partial charge in [-0.15, -0.1) is 0 Å². The Kier molecular flexibility index (Phi) is 3.74. The second-order valence-electron chi connectivity index (χ2n) is 5.51. The molecule has 0 unspecified atom stereocenters. The third kappa shape index (κ3) is 3.19. The fourth-order valence-electron chi connectivity index (χ4n) is 2.70. The normalized spacial score (nSPS) is 14.5. The van der Waals surface area contributed by atoms with Crippen LogP contribution in [0, 0.1) is 6.92 Å². The molecule has 2 aromatic rings. The van der Waals surface area contributed by atoms with E-state index >= 15 is 0 Å². The summed E-state index contributed by atoms with van der Waals surface area (Å²) in [6.45, 7) is 3.41. The van der Waals surface area contributed by atoms with Gasteiger partial charge in [0.2, 0.25) is 10.0 Å². The monoisotopic (exact) mass is 318 g/mol. The summed E-state index contributed by atoms with van der Waals surface area (Å²) in [4.78, 5) is 10.8. The lowest BCUT2D eigenvalue weighted by atomic mass is 9.98. The van der Waals surface area contributed by atoms with Gasteiger partial charge in [0.25, 0.3) is 0 Å². The summed E-state index contributed by atoms with van der Waals surface area (Å²) in [5.41, 5.74) is 3.73. The molecule has 1 N–H and O–H groups in total. The summed E-state index contributed by atoms with van der Waals surface area (Å²) in [6, 6.07) is 5.71. The molecule has 0 amide bonds. The molecule has 0 bridgehead atoms. The highest BCUT2D eigenvalue weighted by molar-refractivity contribution is 7.92. The third-order valence-electron chi connectivity index (χ3n) is 3.63. The molecule has 1 aliphatic heterocycles. The number of hydrogen-bond donors (Lipinski definition) is 1. The van der Waals surface area contributed by atoms with E-state index in [4.69, 9.17) is 0 Å². The zero-order valence-corrected chi connectivity index (χ0v) is 13.4. The van der Waals surface area contributed by atoms with Crippen molar-refractivity contribution in [2.75, 3.05) is 22.4 Å². The Morgan fingerprint density at radius 2 is 2.09 bits per heavy atom. The van der Waals surface area contributed by atoms with Crippen LogP contribution >= 0.6 is 0 Å². The van der Waals surface area contributed by atoms with Crippen molar-refractivity contribution in [2.24, 2.45) is 0 Å². The van der Waals surface area contributed by atoms with Crippen molar-refractivity contribution in [3.05, 3.63) is 47.4 Å². The lowest BCUT2D eigenvalue weighted by Gasteiger charge is -2.30. The third-order valence-corrected chi connectivity index (χ3v) is 4.22. The minimum absolute atomic E-state index is 0.676. The van der Waals surface area contributed by atoms with Crippen LogP contribution in [0.15, 0.2) is 30.6 Å². The van der Waals surface area contributed by atoms with Gasteiger partial charge in [0.1, 0.15) is 5.82 Å². The Hall–Kier alpha value is -2.15. The van der Waals surface area contributed by atoms with Crippen molar-refractivity contribution in [3.63, 3.8) is 0 Å². The highest BCUT2D eigenvalue weighted by Gasteiger charge is 2.21. The summed E-state index contributed by atoms with van der Waals surface area (Å²) >= 11 is 0. The SMILES string of the molecule is Cc1cncc(N2CCc3c(cccc3NS(C)(=O)=O)C2)n1. The quantitative estimate of drug-likeness (QED) is 0.932. The first kappa shape index (κ1) is 14.8. The molecule has 0 radical (unpaired) electrons. The smallest absolute Gasteiger partial charge is 0.229 e. The topological polar surface area (TPSA) is 75.2 Å². The van der Waals surface area contributed by atoms with Crippen LogP contribution in [0.2, 0.25) is 0 Å². The maximum absolute atomic E-state index is 11.5. The zero-order valence-electron chi connectivity index (χ0n) is 12.6. The van der Waals surface area contributed by atoms with Crippen molar-refractivity contribution in [2.45, 2.75) is 19.9 Å². The molecule has 7 heteroatoms. The molecule has 0 fully saturated rings. The van der Waals surface area contributed by atoms with E-state index in [1.54, 1.807) is 12.4 Å². The predicted octanol–water partition coefficient (Wildman–Crippen LogP) is 1.72. The summed E-state index contributed by atoms with van der Waals surface area (Å²) in [7, 11) is -3.27. The molecule has 0 aliphatic carbocycles. The first-order valence-electron chi connectivity index (χ1n) is 7.04. The predicted molar refractivity (Wildman–Crippen MR) is 86.4 cm³/mol. The Bertz CT molecular complexity index is 805. The lowest BCUT2D eigenvalue weighted by Crippen LogP contribution is -2.32. The van der Waals surface area contributed by atoms with Crippen molar-refractivity contribution >= 4 is 21.5 Å². The van der Waals surface area contributed by atoms with E-state index in [0.717, 1.165) is 35.6 Å². The number of anilines is 2. The first-order chi connectivity index (χ1) is 10.4. The second kappa shape index (κ2) is 5.57. The van der Waals surface area contributed by atoms with Gasteiger partial charge in [-0.2, -0.15) is 0 Å². The molecule has 0 saturated carbocycles. The average molecular weight is 318 g/mol. The molecule has 1 aliphatic rings. The van der Waals surface area contributed by atoms with Crippen LogP contribution in [0.1, 0.15) is 16.8 Å². The molecule has 0 saturated heterocycles. The van der Waals surface area contributed by atoms with Crippen LogP contribution in [-0.2, 0) is 23.0 Å². The number of aryl methyl sites for hydroxylation is 1. The largest absolute Gasteiger partial charge is 0.351 e. The molecule has 2 heterocycles. The number of fused-ring (bicyclic) bond motifs is 1. The van der Waals surface area contributed by atoms with Gasteiger partial charge < -0.3 is 4.90 Å². The second-order valence-corrected chi connectivity index (χ2v) is 7.26. The molecule has 0 spiro atoms. The van der Waals surface area contributed by atoms with Gasteiger partial charge in [-0.25, -0.2) is 13.4 Å². The van der Waals surface area contributed by atoms with E-state index in [0.29, 0.717) is 12.2 Å². The number of nitrogens with zero attached hydrogens (tertiary/aromatic N) is 3. The van der Waals surface area contributed by atoms with E-state index in [9.17, 15) is 8.42 Å². The van der Waals surface area contributed by atoms with E-state index in [1.165, 1.54) is 6.26 Å². The lowest BCUT2D eigenvalue weighted by molar-refractivity contribution is 0.606. The van der Waals surface area contributed by atoms with Crippen molar-refractivity contribution < 1.29 is 8.42 Å². The molecule has 6 nitrogen and oxygen atoms in total. The zero-order chi connectivity index (χ0) is 15.7. The molecular formula is C15H18N4O2S. The minimum atomic E-state index is -3.27. The number of benzene rings is 1. The number of sulfonamides is 1. The Morgan fingerprint density at radius 1 is 1.27 bits per heavy atom. The van der Waals surface area contributed by atoms with Gasteiger partial charge in [0.15, 0.2) is 0 Å². The number of nitrogens with one attached hydrogen (secondary N) is 1. The summed E-state index contributed by atoms with van der Waals surface area (Å²) in [5, 5.41) is 0. The number of aromatic nitrogens is 2. The number of rotatable bonds is 3. The molecule has 1 aromatic heterocycles. The van der Waals surface area contributed by atoms with Gasteiger partial charge in [0.05, 0.1) is 23.8 Å². The van der Waals surface area contributed by atoms with Gasteiger partial charge in [-0.05, 0) is 30.5 Å². The summed E-state index contributed by atoms with van der Waals surface area (Å²) in [6.07, 6.45) is 5.43. The van der Waals surface area contributed by atoms with Gasteiger partial charge in [-0.3, -0.25) is 9.71 Å². The van der Waals surface area contributed by atoms with E-state index in [2.05, 4.69) is 19.6 Å². The molecular weight excluding hydrogens is 300 g/mol. The Balaban J connectivity index is 1.89. The van der Waals surface area contributed by atoms with Gasteiger partial charge >= 0.3 is 0 Å². The van der Waals surface area contributed by atoms with Gasteiger partial charge in [0, 0.05) is 19.3 Å². The minimum Gasteiger partial charge on any atom is -0.351 e. The maximum atomic E-state index is 11.5. The van der Waals surface area contributed by atoms with Crippen LogP contribution in [0.5, 0.6) is 0 Å². The maximum Gasteiger partial charge on any atom is 0.229 e. The molecule has 1 aromatic carbocycles. The van der Waals surface area contributed by atoms with Crippen molar-refractivity contribution in [1.82, 2.24) is 9.97 Å². The highest BCUT2D eigenvalue weighted by atomic mass is 32.2. The average Bonchev–Trinajstić information content (AvgIpc) is 2.45. The number of hydrogen-bond acceptors (Lipinski definition) is 5. The molecule has 3 rings (SSSR count). The fourth-order valence-corrected chi connectivity index (χ4v) is 3.29. The molecule has 22 heavy (non-hydrogen) atoms. The molecule has 116 valence electrons. The van der Waals surface area contributed by atoms with E-state index in [-0.39, 0.29) is 0 Å². The Labute approximate surface area is 130 Å². The standard InChI is InChI=1S/C15H18N4O2S/c1-11-8-16-9-15(17-11)19-7-6-13-12(10-19)4-3-5-14(13)18-22(2,20)21/h3-5,8-9,18H,6-7,10H2,1-2H3. The van der Waals surface area contributed by atoms with E-state index < -0.39 is 10.0 Å². The van der Waals surface area contributed by atoms with Crippen LogP contribution in [0.4, 0.5) is 11.5 Å². The van der Waals surface area contributed by atoms with Crippen molar-refractivity contribution in [3.8, 4) is 0 Å². The first-order valence-corrected chi connectivity index (χ1v) is 8.94. The van der Waals surface area contributed by atoms with Crippen LogP contribution in [0.25, 0.3) is 0 Å². The fraction of sp³-hybridized carbons (Fsp3) is 0.333. The van der Waals surface area contributed by atoms with Crippen LogP contribution in [0.3, 0.4) is 0 Å².